The van der Waals surface area contributed by atoms with Crippen LogP contribution >= 0.6 is 0 Å². The number of hydrogen-bond donors (Lipinski definition) is 0. The maximum absolute atomic E-state index is 11.6. The van der Waals surface area contributed by atoms with Crippen LogP contribution in [0.4, 0.5) is 0 Å². The predicted octanol–water partition coefficient (Wildman–Crippen LogP) is 3.11. The second-order valence-electron chi connectivity index (χ2n) is 5.26. The summed E-state index contributed by atoms with van der Waals surface area (Å²) < 4.78 is 5.24. The van der Waals surface area contributed by atoms with Crippen molar-refractivity contribution < 1.29 is 14.3 Å². The summed E-state index contributed by atoms with van der Waals surface area (Å²) in [5, 5.41) is 0. The van der Waals surface area contributed by atoms with E-state index in [1.165, 1.54) is 0 Å². The zero-order chi connectivity index (χ0) is 12.8. The Morgan fingerprint density at radius 2 is 1.75 bits per heavy atom. The third kappa shape index (κ3) is 7.43. The molecule has 0 aromatic carbocycles. The molecule has 0 amide bonds. The Labute approximate surface area is 98.6 Å². The molecular weight excluding hydrogens is 204 g/mol. The lowest BCUT2D eigenvalue weighted by molar-refractivity contribution is -0.159. The molecule has 3 heteroatoms. The van der Waals surface area contributed by atoms with Crippen molar-refractivity contribution in [1.29, 1.82) is 0 Å². The van der Waals surface area contributed by atoms with Crippen LogP contribution < -0.4 is 0 Å². The van der Waals surface area contributed by atoms with Crippen molar-refractivity contribution in [2.75, 3.05) is 0 Å². The van der Waals surface area contributed by atoms with E-state index in [0.29, 0.717) is 19.3 Å². The Kier molecular flexibility index (Phi) is 6.31. The molecule has 0 radical (unpaired) electrons. The van der Waals surface area contributed by atoms with Gasteiger partial charge in [-0.25, -0.2) is 0 Å². The number of esters is 1. The molecule has 16 heavy (non-hydrogen) atoms. The lowest BCUT2D eigenvalue weighted by atomic mass is 10.0. The van der Waals surface area contributed by atoms with E-state index in [1.807, 2.05) is 34.6 Å². The molecule has 1 atom stereocenters. The van der Waals surface area contributed by atoms with Crippen LogP contribution in [-0.2, 0) is 14.3 Å². The van der Waals surface area contributed by atoms with Crippen molar-refractivity contribution in [2.24, 2.45) is 5.92 Å². The smallest absolute Gasteiger partial charge is 0.309 e. The lowest BCUT2D eigenvalue weighted by Gasteiger charge is -2.22. The van der Waals surface area contributed by atoms with Gasteiger partial charge in [0.2, 0.25) is 0 Å². The van der Waals surface area contributed by atoms with E-state index >= 15 is 0 Å². The summed E-state index contributed by atoms with van der Waals surface area (Å²) in [7, 11) is 0. The molecule has 1 unspecified atom stereocenters. The first kappa shape index (κ1) is 15.1. The number of hydrogen-bond acceptors (Lipinski definition) is 3. The van der Waals surface area contributed by atoms with E-state index in [0.717, 1.165) is 6.42 Å². The predicted molar refractivity (Wildman–Crippen MR) is 64.2 cm³/mol. The highest BCUT2D eigenvalue weighted by Gasteiger charge is 2.21. The number of ketones is 1. The Morgan fingerprint density at radius 3 is 2.19 bits per heavy atom. The topological polar surface area (TPSA) is 43.4 Å². The highest BCUT2D eigenvalue weighted by Crippen LogP contribution is 2.15. The van der Waals surface area contributed by atoms with Crippen molar-refractivity contribution in [3.63, 3.8) is 0 Å². The minimum atomic E-state index is -0.446. The van der Waals surface area contributed by atoms with Gasteiger partial charge in [0.25, 0.3) is 0 Å². The molecule has 0 bridgehead atoms. The largest absolute Gasteiger partial charge is 0.460 e. The van der Waals surface area contributed by atoms with E-state index in [4.69, 9.17) is 4.74 Å². The molecule has 0 spiro atoms. The van der Waals surface area contributed by atoms with Gasteiger partial charge in [0.1, 0.15) is 11.4 Å². The van der Waals surface area contributed by atoms with Crippen molar-refractivity contribution in [2.45, 2.75) is 65.9 Å². The maximum atomic E-state index is 11.6. The number of Topliss-reactive ketones (excluding diaryl/α,β-unsaturated/α-hetero) is 1. The Bertz CT molecular complexity index is 238. The molecule has 0 N–H and O–H groups in total. The molecule has 0 aliphatic rings. The van der Waals surface area contributed by atoms with E-state index < -0.39 is 5.60 Å². The Balaban J connectivity index is 3.93. The number of carbonyl (C=O) groups is 2. The monoisotopic (exact) mass is 228 g/mol. The quantitative estimate of drug-likeness (QED) is 0.656. The minimum absolute atomic E-state index is 0.194. The van der Waals surface area contributed by atoms with Crippen molar-refractivity contribution >= 4 is 11.8 Å². The van der Waals surface area contributed by atoms with Crippen LogP contribution in [0.25, 0.3) is 0 Å². The zero-order valence-corrected chi connectivity index (χ0v) is 11.1. The molecule has 0 aliphatic carbocycles. The Morgan fingerprint density at radius 1 is 1.19 bits per heavy atom. The SMILES string of the molecule is CCCC(=O)CCC(C)C(=O)OC(C)(C)C. The molecule has 0 aromatic heterocycles. The molecular formula is C13H24O3. The third-order valence-electron chi connectivity index (χ3n) is 2.19. The molecule has 94 valence electrons. The summed E-state index contributed by atoms with van der Waals surface area (Å²) in [4.78, 5) is 22.9. The molecule has 0 aliphatic heterocycles. The molecule has 0 aromatic rings. The third-order valence-corrected chi connectivity index (χ3v) is 2.19. The van der Waals surface area contributed by atoms with Crippen molar-refractivity contribution in [3.8, 4) is 0 Å². The van der Waals surface area contributed by atoms with Gasteiger partial charge in [0.05, 0.1) is 5.92 Å². The molecule has 0 rings (SSSR count). The van der Waals surface area contributed by atoms with Gasteiger partial charge >= 0.3 is 5.97 Å². The van der Waals surface area contributed by atoms with Gasteiger partial charge < -0.3 is 4.74 Å². The van der Waals surface area contributed by atoms with Gasteiger partial charge in [0.15, 0.2) is 0 Å². The summed E-state index contributed by atoms with van der Waals surface area (Å²) >= 11 is 0. The zero-order valence-electron chi connectivity index (χ0n) is 11.1. The van der Waals surface area contributed by atoms with Gasteiger partial charge in [0, 0.05) is 12.8 Å². The van der Waals surface area contributed by atoms with Crippen molar-refractivity contribution in [1.82, 2.24) is 0 Å². The van der Waals surface area contributed by atoms with Gasteiger partial charge in [-0.15, -0.1) is 0 Å². The van der Waals surface area contributed by atoms with Crippen LogP contribution in [0.1, 0.15) is 60.3 Å². The summed E-state index contributed by atoms with van der Waals surface area (Å²) in [6.45, 7) is 9.34. The van der Waals surface area contributed by atoms with Gasteiger partial charge in [-0.2, -0.15) is 0 Å². The summed E-state index contributed by atoms with van der Waals surface area (Å²) in [5.41, 5.74) is -0.446. The van der Waals surface area contributed by atoms with E-state index in [2.05, 4.69) is 0 Å². The maximum Gasteiger partial charge on any atom is 0.309 e. The molecule has 0 saturated heterocycles. The van der Waals surface area contributed by atoms with Crippen LogP contribution in [0, 0.1) is 5.92 Å². The average Bonchev–Trinajstić information content (AvgIpc) is 2.11. The average molecular weight is 228 g/mol. The summed E-state index contributed by atoms with van der Waals surface area (Å²) in [6.07, 6.45) is 2.56. The molecule has 0 fully saturated rings. The first-order valence-electron chi connectivity index (χ1n) is 6.00. The highest BCUT2D eigenvalue weighted by molar-refractivity contribution is 5.79. The fourth-order valence-corrected chi connectivity index (χ4v) is 1.30. The summed E-state index contributed by atoms with van der Waals surface area (Å²) in [5.74, 6) is -0.172. The number of carbonyl (C=O) groups excluding carboxylic acids is 2. The van der Waals surface area contributed by atoms with E-state index in [-0.39, 0.29) is 17.7 Å². The molecule has 0 heterocycles. The normalized spacial score (nSPS) is 13.3. The van der Waals surface area contributed by atoms with Gasteiger partial charge in [-0.3, -0.25) is 9.59 Å². The second kappa shape index (κ2) is 6.66. The fraction of sp³-hybridized carbons (Fsp3) is 0.846. The Hall–Kier alpha value is -0.860. The van der Waals surface area contributed by atoms with Gasteiger partial charge in [-0.1, -0.05) is 13.8 Å². The molecule has 0 saturated carbocycles. The lowest BCUT2D eigenvalue weighted by Crippen LogP contribution is -2.27. The summed E-state index contributed by atoms with van der Waals surface area (Å²) in [6, 6.07) is 0. The van der Waals surface area contributed by atoms with Crippen LogP contribution in [-0.4, -0.2) is 17.4 Å². The number of rotatable bonds is 6. The van der Waals surface area contributed by atoms with Crippen molar-refractivity contribution in [3.05, 3.63) is 0 Å². The first-order valence-corrected chi connectivity index (χ1v) is 6.00. The minimum Gasteiger partial charge on any atom is -0.460 e. The molecule has 3 nitrogen and oxygen atoms in total. The second-order valence-corrected chi connectivity index (χ2v) is 5.26. The highest BCUT2D eigenvalue weighted by atomic mass is 16.6. The van der Waals surface area contributed by atoms with E-state index in [9.17, 15) is 9.59 Å². The van der Waals surface area contributed by atoms with Crippen LogP contribution in [0.3, 0.4) is 0 Å². The standard InChI is InChI=1S/C13H24O3/c1-6-7-11(14)9-8-10(2)12(15)16-13(3,4)5/h10H,6-9H2,1-5H3. The van der Waals surface area contributed by atoms with E-state index in [1.54, 1.807) is 0 Å². The first-order chi connectivity index (χ1) is 7.26. The fourth-order valence-electron chi connectivity index (χ4n) is 1.30. The van der Waals surface area contributed by atoms with Crippen LogP contribution in [0.2, 0.25) is 0 Å². The number of ether oxygens (including phenoxy) is 1. The van der Waals surface area contributed by atoms with Crippen LogP contribution in [0.15, 0.2) is 0 Å². The van der Waals surface area contributed by atoms with Gasteiger partial charge in [-0.05, 0) is 33.6 Å². The van der Waals surface area contributed by atoms with Crippen LogP contribution in [0.5, 0.6) is 0 Å².